The van der Waals surface area contributed by atoms with Gasteiger partial charge in [-0.2, -0.15) is 0 Å². The van der Waals surface area contributed by atoms with Crippen molar-refractivity contribution < 1.29 is 14.8 Å². The van der Waals surface area contributed by atoms with E-state index in [9.17, 15) is 9.59 Å². The Morgan fingerprint density at radius 3 is 2.59 bits per heavy atom. The van der Waals surface area contributed by atoms with E-state index < -0.39 is 11.9 Å². The average molecular weight is 301 g/mol. The highest BCUT2D eigenvalue weighted by Crippen LogP contribution is 2.15. The Morgan fingerprint density at radius 1 is 1.14 bits per heavy atom. The number of rotatable bonds is 6. The molecule has 0 saturated carbocycles. The van der Waals surface area contributed by atoms with Crippen LogP contribution in [-0.2, 0) is 4.79 Å². The summed E-state index contributed by atoms with van der Waals surface area (Å²) in [6.07, 6.45) is 0.929. The summed E-state index contributed by atoms with van der Waals surface area (Å²) < 4.78 is 0. The number of nitrogens with two attached hydrogens (primary N) is 1. The Hall–Kier alpha value is -2.44. The van der Waals surface area contributed by atoms with Crippen molar-refractivity contribution in [2.24, 2.45) is 5.73 Å². The normalized spacial score (nSPS) is 11.9. The number of hydrogen-bond acceptors (Lipinski definition) is 4. The van der Waals surface area contributed by atoms with Gasteiger partial charge >= 0.3 is 0 Å². The van der Waals surface area contributed by atoms with E-state index in [1.165, 1.54) is 5.48 Å². The predicted molar refractivity (Wildman–Crippen MR) is 83.4 cm³/mol. The van der Waals surface area contributed by atoms with Crippen molar-refractivity contribution >= 4 is 22.6 Å². The minimum atomic E-state index is -0.775. The zero-order chi connectivity index (χ0) is 15.9. The number of carbonyl (C=O) groups excluding carboxylic acids is 2. The molecular formula is C16H19N3O3. The maximum atomic E-state index is 12.1. The molecule has 0 fully saturated rings. The smallest absolute Gasteiger partial charge is 0.260 e. The number of hydrogen-bond donors (Lipinski definition) is 4. The second-order valence-corrected chi connectivity index (χ2v) is 5.04. The van der Waals surface area contributed by atoms with Crippen molar-refractivity contribution in [2.45, 2.75) is 18.9 Å². The molecule has 2 aromatic carbocycles. The number of amides is 2. The Bertz CT molecular complexity index is 672. The van der Waals surface area contributed by atoms with Crippen LogP contribution in [0.1, 0.15) is 23.2 Å². The molecule has 2 amide bonds. The van der Waals surface area contributed by atoms with Gasteiger partial charge in [-0.1, -0.05) is 30.3 Å². The summed E-state index contributed by atoms with van der Waals surface area (Å²) in [6.45, 7) is 0.415. The zero-order valence-electron chi connectivity index (χ0n) is 12.1. The van der Waals surface area contributed by atoms with Gasteiger partial charge in [-0.05, 0) is 35.7 Å². The van der Waals surface area contributed by atoms with E-state index in [1.54, 1.807) is 6.07 Å². The molecule has 2 aromatic rings. The molecule has 0 bridgehead atoms. The maximum absolute atomic E-state index is 12.1. The molecule has 5 N–H and O–H groups in total. The summed E-state index contributed by atoms with van der Waals surface area (Å²) in [5.74, 6) is -0.785. The van der Waals surface area contributed by atoms with Gasteiger partial charge in [-0.3, -0.25) is 14.8 Å². The Labute approximate surface area is 128 Å². The lowest BCUT2D eigenvalue weighted by atomic mass is 10.1. The molecule has 0 unspecified atom stereocenters. The van der Waals surface area contributed by atoms with Gasteiger partial charge in [0, 0.05) is 12.1 Å². The SMILES string of the molecule is N[C@@H](CCCNC(=O)c1ccc2ccccc2c1)C(=O)NO. The highest BCUT2D eigenvalue weighted by molar-refractivity contribution is 5.98. The highest BCUT2D eigenvalue weighted by atomic mass is 16.5. The van der Waals surface area contributed by atoms with Crippen molar-refractivity contribution in [1.29, 1.82) is 0 Å². The first-order chi connectivity index (χ1) is 10.6. The quantitative estimate of drug-likeness (QED) is 0.365. The number of carbonyl (C=O) groups is 2. The van der Waals surface area contributed by atoms with E-state index in [2.05, 4.69) is 5.32 Å². The first-order valence-corrected chi connectivity index (χ1v) is 7.08. The van der Waals surface area contributed by atoms with Crippen LogP contribution < -0.4 is 16.5 Å². The van der Waals surface area contributed by atoms with Crippen molar-refractivity contribution in [3.05, 3.63) is 48.0 Å². The molecule has 0 saturated heterocycles. The summed E-state index contributed by atoms with van der Waals surface area (Å²) in [5.41, 5.74) is 7.63. The molecule has 1 atom stereocenters. The Balaban J connectivity index is 1.85. The minimum Gasteiger partial charge on any atom is -0.352 e. The largest absolute Gasteiger partial charge is 0.352 e. The maximum Gasteiger partial charge on any atom is 0.260 e. The molecule has 0 aliphatic rings. The lowest BCUT2D eigenvalue weighted by Gasteiger charge is -2.10. The van der Waals surface area contributed by atoms with Gasteiger partial charge < -0.3 is 11.1 Å². The summed E-state index contributed by atoms with van der Waals surface area (Å²) >= 11 is 0. The van der Waals surface area contributed by atoms with E-state index in [0.717, 1.165) is 10.8 Å². The van der Waals surface area contributed by atoms with Crippen molar-refractivity contribution in [3.63, 3.8) is 0 Å². The molecule has 0 aromatic heterocycles. The summed E-state index contributed by atoms with van der Waals surface area (Å²) in [6, 6.07) is 12.6. The molecule has 22 heavy (non-hydrogen) atoms. The standard InChI is InChI=1S/C16H19N3O3/c17-14(16(21)19-22)6-3-9-18-15(20)13-8-7-11-4-1-2-5-12(11)10-13/h1-2,4-5,7-8,10,14,22H,3,6,9,17H2,(H,18,20)(H,19,21)/t14-/m0/s1. The predicted octanol–water partition coefficient (Wildman–Crippen LogP) is 1.18. The lowest BCUT2D eigenvalue weighted by molar-refractivity contribution is -0.130. The third kappa shape index (κ3) is 4.03. The van der Waals surface area contributed by atoms with E-state index in [4.69, 9.17) is 10.9 Å². The number of hydroxylamine groups is 1. The van der Waals surface area contributed by atoms with Crippen LogP contribution in [0.5, 0.6) is 0 Å². The fourth-order valence-electron chi connectivity index (χ4n) is 2.17. The van der Waals surface area contributed by atoms with Crippen LogP contribution in [0.4, 0.5) is 0 Å². The number of fused-ring (bicyclic) bond motifs is 1. The van der Waals surface area contributed by atoms with E-state index in [0.29, 0.717) is 24.9 Å². The molecule has 0 spiro atoms. The lowest BCUT2D eigenvalue weighted by Crippen LogP contribution is -2.39. The molecule has 0 heterocycles. The summed E-state index contributed by atoms with van der Waals surface area (Å²) in [4.78, 5) is 23.1. The topological polar surface area (TPSA) is 104 Å². The van der Waals surface area contributed by atoms with Crippen LogP contribution in [-0.4, -0.2) is 29.6 Å². The van der Waals surface area contributed by atoms with Crippen LogP contribution in [0.15, 0.2) is 42.5 Å². The van der Waals surface area contributed by atoms with Gasteiger partial charge in [0.25, 0.3) is 11.8 Å². The molecule has 2 rings (SSSR count). The van der Waals surface area contributed by atoms with Gasteiger partial charge in [0.1, 0.15) is 0 Å². The van der Waals surface area contributed by atoms with Gasteiger partial charge in [0.2, 0.25) is 0 Å². The van der Waals surface area contributed by atoms with Gasteiger partial charge in [-0.15, -0.1) is 0 Å². The minimum absolute atomic E-state index is 0.161. The molecule has 116 valence electrons. The van der Waals surface area contributed by atoms with Crippen LogP contribution in [0.3, 0.4) is 0 Å². The van der Waals surface area contributed by atoms with E-state index >= 15 is 0 Å². The van der Waals surface area contributed by atoms with Crippen LogP contribution >= 0.6 is 0 Å². The fraction of sp³-hybridized carbons (Fsp3) is 0.250. The van der Waals surface area contributed by atoms with Gasteiger partial charge in [0.15, 0.2) is 0 Å². The highest BCUT2D eigenvalue weighted by Gasteiger charge is 2.12. The molecule has 0 aliphatic carbocycles. The first-order valence-electron chi connectivity index (χ1n) is 7.08. The van der Waals surface area contributed by atoms with Crippen molar-refractivity contribution in [2.75, 3.05) is 6.54 Å². The summed E-state index contributed by atoms with van der Waals surface area (Å²) in [5, 5.41) is 13.3. The molecule has 0 aliphatic heterocycles. The van der Waals surface area contributed by atoms with Crippen LogP contribution in [0.2, 0.25) is 0 Å². The van der Waals surface area contributed by atoms with Crippen molar-refractivity contribution in [3.8, 4) is 0 Å². The number of benzene rings is 2. The Morgan fingerprint density at radius 2 is 1.86 bits per heavy atom. The third-order valence-electron chi connectivity index (χ3n) is 3.44. The van der Waals surface area contributed by atoms with Crippen LogP contribution in [0, 0.1) is 0 Å². The molecule has 0 radical (unpaired) electrons. The first kappa shape index (κ1) is 15.9. The molecular weight excluding hydrogens is 282 g/mol. The fourth-order valence-corrected chi connectivity index (χ4v) is 2.17. The van der Waals surface area contributed by atoms with Gasteiger partial charge in [-0.25, -0.2) is 5.48 Å². The van der Waals surface area contributed by atoms with E-state index in [1.807, 2.05) is 36.4 Å². The molecule has 6 nitrogen and oxygen atoms in total. The van der Waals surface area contributed by atoms with E-state index in [-0.39, 0.29) is 5.91 Å². The molecule has 6 heteroatoms. The van der Waals surface area contributed by atoms with Crippen molar-refractivity contribution in [1.82, 2.24) is 10.8 Å². The number of nitrogens with one attached hydrogen (secondary N) is 2. The zero-order valence-corrected chi connectivity index (χ0v) is 12.1. The summed E-state index contributed by atoms with van der Waals surface area (Å²) in [7, 11) is 0. The Kier molecular flexibility index (Phi) is 5.46. The monoisotopic (exact) mass is 301 g/mol. The second-order valence-electron chi connectivity index (χ2n) is 5.04. The van der Waals surface area contributed by atoms with Crippen LogP contribution in [0.25, 0.3) is 10.8 Å². The second kappa shape index (κ2) is 7.53. The van der Waals surface area contributed by atoms with Gasteiger partial charge in [0.05, 0.1) is 6.04 Å². The third-order valence-corrected chi connectivity index (χ3v) is 3.44. The average Bonchev–Trinajstić information content (AvgIpc) is 2.57.